The molecule has 21 heavy (non-hydrogen) atoms. The van der Waals surface area contributed by atoms with Crippen LogP contribution in [0.3, 0.4) is 0 Å². The van der Waals surface area contributed by atoms with Crippen LogP contribution in [0.15, 0.2) is 24.3 Å². The molecule has 0 radical (unpaired) electrons. The molecular formula is C16H23N3O2. The highest BCUT2D eigenvalue weighted by molar-refractivity contribution is 5.31. The second-order valence-electron chi connectivity index (χ2n) is 4.84. The molecular weight excluding hydrogens is 266 g/mol. The molecule has 0 spiro atoms. The van der Waals surface area contributed by atoms with Gasteiger partial charge in [0.1, 0.15) is 18.1 Å². The highest BCUT2D eigenvalue weighted by atomic mass is 16.5. The van der Waals surface area contributed by atoms with Gasteiger partial charge in [0, 0.05) is 24.3 Å². The fourth-order valence-corrected chi connectivity index (χ4v) is 2.09. The smallest absolute Gasteiger partial charge is 0.119 e. The fraction of sp³-hybridized carbons (Fsp3) is 0.438. The van der Waals surface area contributed by atoms with Crippen LogP contribution in [0.1, 0.15) is 23.9 Å². The lowest BCUT2D eigenvalue weighted by Crippen LogP contribution is -2.21. The van der Waals surface area contributed by atoms with Crippen molar-refractivity contribution in [2.24, 2.45) is 0 Å². The first kappa shape index (κ1) is 15.4. The minimum atomic E-state index is 0.629. The first-order chi connectivity index (χ1) is 10.2. The maximum Gasteiger partial charge on any atom is 0.119 e. The van der Waals surface area contributed by atoms with Crippen molar-refractivity contribution in [3.8, 4) is 11.5 Å². The lowest BCUT2D eigenvalue weighted by Gasteiger charge is -2.09. The molecule has 5 heteroatoms. The van der Waals surface area contributed by atoms with Gasteiger partial charge < -0.3 is 14.8 Å². The first-order valence-electron chi connectivity index (χ1n) is 7.27. The Kier molecular flexibility index (Phi) is 5.63. The van der Waals surface area contributed by atoms with Gasteiger partial charge in [-0.15, -0.1) is 0 Å². The third-order valence-electron chi connectivity index (χ3n) is 3.26. The molecule has 5 nitrogen and oxygen atoms in total. The van der Waals surface area contributed by atoms with Crippen molar-refractivity contribution in [2.45, 2.75) is 27.3 Å². The van der Waals surface area contributed by atoms with Crippen LogP contribution in [0.4, 0.5) is 0 Å². The summed E-state index contributed by atoms with van der Waals surface area (Å²) in [7, 11) is 0. The zero-order valence-electron chi connectivity index (χ0n) is 12.9. The summed E-state index contributed by atoms with van der Waals surface area (Å²) in [5, 5.41) is 10.5. The molecule has 1 aromatic heterocycles. The Hall–Kier alpha value is -2.01. The van der Waals surface area contributed by atoms with E-state index in [9.17, 15) is 0 Å². The van der Waals surface area contributed by atoms with Crippen molar-refractivity contribution in [1.82, 2.24) is 15.5 Å². The number of nitrogens with one attached hydrogen (secondary N) is 2. The molecule has 0 amide bonds. The SMILES string of the molecule is CCOc1ccc(OCCNCc2c(C)n[nH]c2C)cc1. The van der Waals surface area contributed by atoms with Gasteiger partial charge in [0.25, 0.3) is 0 Å². The second-order valence-corrected chi connectivity index (χ2v) is 4.84. The lowest BCUT2D eigenvalue weighted by molar-refractivity contribution is 0.311. The van der Waals surface area contributed by atoms with Gasteiger partial charge in [0.05, 0.1) is 12.3 Å². The van der Waals surface area contributed by atoms with Gasteiger partial charge in [-0.05, 0) is 45.0 Å². The zero-order chi connectivity index (χ0) is 15.1. The highest BCUT2D eigenvalue weighted by Crippen LogP contribution is 2.17. The molecule has 2 N–H and O–H groups in total. The predicted octanol–water partition coefficient (Wildman–Crippen LogP) is 2.59. The van der Waals surface area contributed by atoms with E-state index in [0.29, 0.717) is 13.2 Å². The lowest BCUT2D eigenvalue weighted by atomic mass is 10.2. The van der Waals surface area contributed by atoms with Gasteiger partial charge in [-0.25, -0.2) is 0 Å². The number of aromatic amines is 1. The van der Waals surface area contributed by atoms with Crippen LogP contribution in [-0.4, -0.2) is 30.0 Å². The molecule has 1 aromatic carbocycles. The average Bonchev–Trinajstić information content (AvgIpc) is 2.80. The molecule has 0 unspecified atom stereocenters. The van der Waals surface area contributed by atoms with Gasteiger partial charge in [-0.1, -0.05) is 0 Å². The van der Waals surface area contributed by atoms with E-state index >= 15 is 0 Å². The zero-order valence-corrected chi connectivity index (χ0v) is 12.9. The van der Waals surface area contributed by atoms with Crippen LogP contribution in [0, 0.1) is 13.8 Å². The number of hydrogen-bond donors (Lipinski definition) is 2. The Balaban J connectivity index is 1.68. The maximum atomic E-state index is 5.68. The number of hydrogen-bond acceptors (Lipinski definition) is 4. The maximum absolute atomic E-state index is 5.68. The third kappa shape index (κ3) is 4.49. The Labute approximate surface area is 125 Å². The van der Waals surface area contributed by atoms with E-state index in [1.807, 2.05) is 45.0 Å². The number of ether oxygens (including phenoxy) is 2. The fourth-order valence-electron chi connectivity index (χ4n) is 2.09. The quantitative estimate of drug-likeness (QED) is 0.733. The van der Waals surface area contributed by atoms with Crippen LogP contribution >= 0.6 is 0 Å². The minimum absolute atomic E-state index is 0.629. The van der Waals surface area contributed by atoms with Crippen molar-refractivity contribution in [2.75, 3.05) is 19.8 Å². The number of benzene rings is 1. The van der Waals surface area contributed by atoms with E-state index in [0.717, 1.165) is 36.0 Å². The van der Waals surface area contributed by atoms with Crippen molar-refractivity contribution in [3.63, 3.8) is 0 Å². The number of aryl methyl sites for hydroxylation is 2. The molecule has 0 saturated carbocycles. The summed E-state index contributed by atoms with van der Waals surface area (Å²) in [6.45, 7) is 8.92. The van der Waals surface area contributed by atoms with Crippen LogP contribution in [0.25, 0.3) is 0 Å². The topological polar surface area (TPSA) is 59.2 Å². The molecule has 2 rings (SSSR count). The number of H-pyrrole nitrogens is 1. The van der Waals surface area contributed by atoms with E-state index in [-0.39, 0.29) is 0 Å². The van der Waals surface area contributed by atoms with E-state index < -0.39 is 0 Å². The Bertz CT molecular complexity index is 530. The van der Waals surface area contributed by atoms with E-state index in [4.69, 9.17) is 9.47 Å². The summed E-state index contributed by atoms with van der Waals surface area (Å²) in [6, 6.07) is 7.69. The largest absolute Gasteiger partial charge is 0.494 e. The molecule has 0 atom stereocenters. The summed E-state index contributed by atoms with van der Waals surface area (Å²) < 4.78 is 11.1. The van der Waals surface area contributed by atoms with Gasteiger partial charge >= 0.3 is 0 Å². The normalized spacial score (nSPS) is 10.6. The van der Waals surface area contributed by atoms with Crippen LogP contribution in [0.2, 0.25) is 0 Å². The molecule has 0 fully saturated rings. The van der Waals surface area contributed by atoms with E-state index in [1.54, 1.807) is 0 Å². The predicted molar refractivity (Wildman–Crippen MR) is 82.9 cm³/mol. The number of aromatic nitrogens is 2. The third-order valence-corrected chi connectivity index (χ3v) is 3.26. The Morgan fingerprint density at radius 3 is 2.33 bits per heavy atom. The summed E-state index contributed by atoms with van der Waals surface area (Å²) >= 11 is 0. The van der Waals surface area contributed by atoms with Crippen molar-refractivity contribution in [3.05, 3.63) is 41.2 Å². The van der Waals surface area contributed by atoms with Gasteiger partial charge in [0.2, 0.25) is 0 Å². The number of nitrogens with zero attached hydrogens (tertiary/aromatic N) is 1. The minimum Gasteiger partial charge on any atom is -0.494 e. The van der Waals surface area contributed by atoms with Crippen LogP contribution < -0.4 is 14.8 Å². The van der Waals surface area contributed by atoms with Crippen LogP contribution in [0.5, 0.6) is 11.5 Å². The monoisotopic (exact) mass is 289 g/mol. The van der Waals surface area contributed by atoms with Crippen molar-refractivity contribution < 1.29 is 9.47 Å². The molecule has 0 saturated heterocycles. The van der Waals surface area contributed by atoms with Crippen molar-refractivity contribution in [1.29, 1.82) is 0 Å². The average molecular weight is 289 g/mol. The van der Waals surface area contributed by atoms with Gasteiger partial charge in [-0.2, -0.15) is 5.10 Å². The molecule has 1 heterocycles. The first-order valence-corrected chi connectivity index (χ1v) is 7.27. The Morgan fingerprint density at radius 2 is 1.76 bits per heavy atom. The molecule has 0 aliphatic carbocycles. The van der Waals surface area contributed by atoms with E-state index in [1.165, 1.54) is 5.56 Å². The summed E-state index contributed by atoms with van der Waals surface area (Å²) in [5.74, 6) is 1.73. The number of rotatable bonds is 8. The van der Waals surface area contributed by atoms with Gasteiger partial charge in [0.15, 0.2) is 0 Å². The molecule has 2 aromatic rings. The highest BCUT2D eigenvalue weighted by Gasteiger charge is 2.04. The summed E-state index contributed by atoms with van der Waals surface area (Å²) in [4.78, 5) is 0. The van der Waals surface area contributed by atoms with Gasteiger partial charge in [-0.3, -0.25) is 5.10 Å². The summed E-state index contributed by atoms with van der Waals surface area (Å²) in [5.41, 5.74) is 3.40. The standard InChI is InChI=1S/C16H23N3O2/c1-4-20-14-5-7-15(8-6-14)21-10-9-17-11-16-12(2)18-19-13(16)3/h5-8,17H,4,9-11H2,1-3H3,(H,18,19). The molecule has 0 aliphatic heterocycles. The van der Waals surface area contributed by atoms with Crippen LogP contribution in [-0.2, 0) is 6.54 Å². The Morgan fingerprint density at radius 1 is 1.10 bits per heavy atom. The summed E-state index contributed by atoms with van der Waals surface area (Å²) in [6.07, 6.45) is 0. The molecule has 0 aliphatic rings. The molecule has 114 valence electrons. The van der Waals surface area contributed by atoms with E-state index in [2.05, 4.69) is 15.5 Å². The molecule has 0 bridgehead atoms. The second kappa shape index (κ2) is 7.69. The van der Waals surface area contributed by atoms with Crippen molar-refractivity contribution >= 4 is 0 Å².